The van der Waals surface area contributed by atoms with Crippen LogP contribution in [-0.4, -0.2) is 9.81 Å². The molecule has 0 spiro atoms. The third-order valence-corrected chi connectivity index (χ3v) is 5.46. The van der Waals surface area contributed by atoms with Crippen molar-refractivity contribution in [3.63, 3.8) is 0 Å². The first-order chi connectivity index (χ1) is 9.24. The highest BCUT2D eigenvalue weighted by Gasteiger charge is 2.29. The lowest BCUT2D eigenvalue weighted by atomic mass is 9.92. The van der Waals surface area contributed by atoms with Crippen LogP contribution in [0.3, 0.4) is 0 Å². The van der Waals surface area contributed by atoms with Gasteiger partial charge in [0.2, 0.25) is 0 Å². The number of aromatic nitrogens is 1. The Hall–Kier alpha value is -0.890. The van der Waals surface area contributed by atoms with Crippen molar-refractivity contribution >= 4 is 26.8 Å². The smallest absolute Gasteiger partial charge is 0.0705 e. The minimum Gasteiger partial charge on any atom is -0.253 e. The van der Waals surface area contributed by atoms with E-state index in [-0.39, 0.29) is 0 Å². The molecule has 3 unspecified atom stereocenters. The second-order valence-electron chi connectivity index (χ2n) is 5.79. The van der Waals surface area contributed by atoms with E-state index in [1.807, 2.05) is 0 Å². The van der Waals surface area contributed by atoms with E-state index in [0.717, 1.165) is 23.8 Å². The summed E-state index contributed by atoms with van der Waals surface area (Å²) < 4.78 is 0. The van der Waals surface area contributed by atoms with E-state index in [2.05, 4.69) is 59.3 Å². The number of halogens is 1. The number of hydrogen-bond donors (Lipinski definition) is 0. The Labute approximate surface area is 123 Å². The molecule has 0 saturated heterocycles. The minimum absolute atomic E-state index is 0.568. The van der Waals surface area contributed by atoms with Gasteiger partial charge in [0.1, 0.15) is 0 Å². The van der Waals surface area contributed by atoms with Crippen LogP contribution in [0, 0.1) is 11.8 Å². The highest BCUT2D eigenvalue weighted by molar-refractivity contribution is 9.09. The van der Waals surface area contributed by atoms with Gasteiger partial charge in [0, 0.05) is 22.3 Å². The standard InChI is InChI=1S/C17H20BrN/c1-12-5-4-7-15(12)16(18)11-14-10-9-13-6-2-3-8-17(13)19-14/h2-3,6,8-10,12,15-16H,4-5,7,11H2,1H3. The predicted octanol–water partition coefficient (Wildman–Crippen LogP) is 4.98. The minimum atomic E-state index is 0.568. The van der Waals surface area contributed by atoms with Gasteiger partial charge >= 0.3 is 0 Å². The summed E-state index contributed by atoms with van der Waals surface area (Å²) in [4.78, 5) is 5.35. The van der Waals surface area contributed by atoms with Crippen LogP contribution in [0.4, 0.5) is 0 Å². The van der Waals surface area contributed by atoms with Crippen molar-refractivity contribution in [2.24, 2.45) is 11.8 Å². The molecule has 3 atom stereocenters. The fourth-order valence-corrected chi connectivity index (χ4v) is 4.40. The SMILES string of the molecule is CC1CCCC1C(Br)Cc1ccc2ccccc2n1. The summed E-state index contributed by atoms with van der Waals surface area (Å²) in [5.41, 5.74) is 2.32. The van der Waals surface area contributed by atoms with E-state index in [4.69, 9.17) is 4.98 Å². The third-order valence-electron chi connectivity index (χ3n) is 4.45. The molecule has 3 rings (SSSR count). The third kappa shape index (κ3) is 2.84. The van der Waals surface area contributed by atoms with Crippen LogP contribution in [0.25, 0.3) is 10.9 Å². The van der Waals surface area contributed by atoms with Crippen LogP contribution < -0.4 is 0 Å². The van der Waals surface area contributed by atoms with E-state index in [0.29, 0.717) is 4.83 Å². The van der Waals surface area contributed by atoms with Crippen molar-refractivity contribution in [2.75, 3.05) is 0 Å². The van der Waals surface area contributed by atoms with Crippen molar-refractivity contribution in [1.82, 2.24) is 4.98 Å². The number of hydrogen-bond acceptors (Lipinski definition) is 1. The Balaban J connectivity index is 1.77. The number of rotatable bonds is 3. The van der Waals surface area contributed by atoms with Crippen LogP contribution >= 0.6 is 15.9 Å². The summed E-state index contributed by atoms with van der Waals surface area (Å²) >= 11 is 3.91. The molecule has 1 aromatic carbocycles. The quantitative estimate of drug-likeness (QED) is 0.728. The van der Waals surface area contributed by atoms with Gasteiger partial charge in [-0.3, -0.25) is 4.98 Å². The zero-order valence-corrected chi connectivity index (χ0v) is 12.9. The number of alkyl halides is 1. The summed E-state index contributed by atoms with van der Waals surface area (Å²) in [7, 11) is 0. The summed E-state index contributed by atoms with van der Waals surface area (Å²) in [6, 6.07) is 12.7. The molecule has 100 valence electrons. The van der Waals surface area contributed by atoms with E-state index >= 15 is 0 Å². The molecule has 1 heterocycles. The van der Waals surface area contributed by atoms with E-state index in [9.17, 15) is 0 Å². The van der Waals surface area contributed by atoms with Crippen LogP contribution in [0.1, 0.15) is 31.9 Å². The molecule has 1 aromatic heterocycles. The van der Waals surface area contributed by atoms with Gasteiger partial charge in [-0.05, 0) is 30.4 Å². The molecule has 19 heavy (non-hydrogen) atoms. The second-order valence-corrected chi connectivity index (χ2v) is 6.96. The Morgan fingerprint density at radius 1 is 1.21 bits per heavy atom. The first-order valence-corrected chi connectivity index (χ1v) is 8.14. The molecule has 1 saturated carbocycles. The van der Waals surface area contributed by atoms with Crippen LogP contribution in [0.5, 0.6) is 0 Å². The summed E-state index contributed by atoms with van der Waals surface area (Å²) in [5, 5.41) is 1.23. The molecule has 0 aliphatic heterocycles. The van der Waals surface area contributed by atoms with Crippen molar-refractivity contribution in [3.8, 4) is 0 Å². The molecule has 0 bridgehead atoms. The van der Waals surface area contributed by atoms with E-state index < -0.39 is 0 Å². The normalized spacial score (nSPS) is 24.7. The largest absolute Gasteiger partial charge is 0.253 e. The molecule has 2 heteroatoms. The van der Waals surface area contributed by atoms with Crippen molar-refractivity contribution in [3.05, 3.63) is 42.1 Å². The number of pyridine rings is 1. The van der Waals surface area contributed by atoms with Gasteiger partial charge in [0.15, 0.2) is 0 Å². The lowest BCUT2D eigenvalue weighted by Gasteiger charge is -2.21. The number of nitrogens with zero attached hydrogens (tertiary/aromatic N) is 1. The Kier molecular flexibility index (Phi) is 3.88. The van der Waals surface area contributed by atoms with Gasteiger partial charge in [-0.2, -0.15) is 0 Å². The monoisotopic (exact) mass is 317 g/mol. The van der Waals surface area contributed by atoms with Crippen LogP contribution in [0.15, 0.2) is 36.4 Å². The average molecular weight is 318 g/mol. The van der Waals surface area contributed by atoms with Crippen LogP contribution in [0.2, 0.25) is 0 Å². The molecule has 1 fully saturated rings. The molecule has 1 aliphatic rings. The lowest BCUT2D eigenvalue weighted by molar-refractivity contribution is 0.406. The van der Waals surface area contributed by atoms with Gasteiger partial charge in [0.05, 0.1) is 5.52 Å². The lowest BCUT2D eigenvalue weighted by Crippen LogP contribution is -2.19. The molecule has 2 aromatic rings. The number of benzene rings is 1. The maximum absolute atomic E-state index is 4.78. The molecule has 0 amide bonds. The van der Waals surface area contributed by atoms with Gasteiger partial charge < -0.3 is 0 Å². The fraction of sp³-hybridized carbons (Fsp3) is 0.471. The second kappa shape index (κ2) is 5.62. The van der Waals surface area contributed by atoms with E-state index in [1.165, 1.54) is 30.3 Å². The van der Waals surface area contributed by atoms with Gasteiger partial charge in [-0.1, -0.05) is 60.0 Å². The molecule has 0 radical (unpaired) electrons. The maximum Gasteiger partial charge on any atom is 0.0705 e. The van der Waals surface area contributed by atoms with Gasteiger partial charge in [0.25, 0.3) is 0 Å². The Bertz CT molecular complexity index is 566. The molecular formula is C17H20BrN. The predicted molar refractivity (Wildman–Crippen MR) is 84.7 cm³/mol. The summed E-state index contributed by atoms with van der Waals surface area (Å²) in [6.45, 7) is 2.39. The molecule has 1 aliphatic carbocycles. The van der Waals surface area contributed by atoms with Gasteiger partial charge in [-0.25, -0.2) is 0 Å². The molecule has 0 N–H and O–H groups in total. The van der Waals surface area contributed by atoms with E-state index in [1.54, 1.807) is 0 Å². The van der Waals surface area contributed by atoms with Crippen molar-refractivity contribution in [2.45, 2.75) is 37.4 Å². The number of para-hydroxylation sites is 1. The molecule has 1 nitrogen and oxygen atoms in total. The highest BCUT2D eigenvalue weighted by Crippen LogP contribution is 2.37. The van der Waals surface area contributed by atoms with Crippen molar-refractivity contribution < 1.29 is 0 Å². The topological polar surface area (TPSA) is 12.9 Å². The zero-order valence-electron chi connectivity index (χ0n) is 11.3. The first kappa shape index (κ1) is 13.1. The van der Waals surface area contributed by atoms with Gasteiger partial charge in [-0.15, -0.1) is 0 Å². The average Bonchev–Trinajstić information content (AvgIpc) is 2.85. The molecular weight excluding hydrogens is 298 g/mol. The number of fused-ring (bicyclic) bond motifs is 1. The Morgan fingerprint density at radius 2 is 2.05 bits per heavy atom. The zero-order chi connectivity index (χ0) is 13.2. The van der Waals surface area contributed by atoms with Crippen LogP contribution in [-0.2, 0) is 6.42 Å². The highest BCUT2D eigenvalue weighted by atomic mass is 79.9. The summed E-state index contributed by atoms with van der Waals surface area (Å²) in [6.07, 6.45) is 5.18. The summed E-state index contributed by atoms with van der Waals surface area (Å²) in [5.74, 6) is 1.66. The maximum atomic E-state index is 4.78. The van der Waals surface area contributed by atoms with Crippen molar-refractivity contribution in [1.29, 1.82) is 0 Å². The first-order valence-electron chi connectivity index (χ1n) is 7.23. The fourth-order valence-electron chi connectivity index (χ4n) is 3.28. The Morgan fingerprint density at radius 3 is 2.84 bits per heavy atom.